The lowest BCUT2D eigenvalue weighted by atomic mass is 9.97. The van der Waals surface area contributed by atoms with E-state index in [9.17, 15) is 9.59 Å². The summed E-state index contributed by atoms with van der Waals surface area (Å²) in [4.78, 5) is 25.9. The molecule has 1 unspecified atom stereocenters. The van der Waals surface area contributed by atoms with E-state index in [0.29, 0.717) is 43.9 Å². The number of carbonyl (C=O) groups is 2. The third kappa shape index (κ3) is 4.48. The van der Waals surface area contributed by atoms with Gasteiger partial charge in [-0.1, -0.05) is 6.07 Å². The first-order chi connectivity index (χ1) is 11.5. The van der Waals surface area contributed by atoms with Gasteiger partial charge in [0.1, 0.15) is 5.75 Å². The van der Waals surface area contributed by atoms with Crippen molar-refractivity contribution < 1.29 is 19.1 Å². The van der Waals surface area contributed by atoms with Crippen molar-refractivity contribution in [1.29, 1.82) is 5.26 Å². The number of esters is 1. The lowest BCUT2D eigenvalue weighted by Gasteiger charge is -2.32. The highest BCUT2D eigenvalue weighted by atomic mass is 16.5. The second kappa shape index (κ2) is 8.34. The maximum Gasteiger partial charge on any atom is 0.309 e. The Hall–Kier alpha value is -2.55. The van der Waals surface area contributed by atoms with Gasteiger partial charge in [0.05, 0.1) is 24.2 Å². The van der Waals surface area contributed by atoms with E-state index >= 15 is 0 Å². The van der Waals surface area contributed by atoms with Crippen LogP contribution in [-0.2, 0) is 14.3 Å². The molecule has 0 spiro atoms. The van der Waals surface area contributed by atoms with Crippen molar-refractivity contribution in [2.45, 2.75) is 32.8 Å². The van der Waals surface area contributed by atoms with Gasteiger partial charge in [0.25, 0.3) is 5.91 Å². The molecule has 1 atom stereocenters. The van der Waals surface area contributed by atoms with Crippen LogP contribution < -0.4 is 4.74 Å². The molecule has 0 bridgehead atoms. The molecule has 1 aliphatic heterocycles. The number of hydrogen-bond donors (Lipinski definition) is 0. The number of amides is 1. The SMILES string of the molecule is CCOC(=O)C1CCN(C(=O)C(C)Oc2cccc(C#N)c2)CC1. The van der Waals surface area contributed by atoms with E-state index in [1.165, 1.54) is 0 Å². The maximum absolute atomic E-state index is 12.5. The molecule has 2 rings (SSSR count). The average molecular weight is 330 g/mol. The molecule has 0 saturated carbocycles. The number of nitrogens with zero attached hydrogens (tertiary/aromatic N) is 2. The third-order valence-corrected chi connectivity index (χ3v) is 4.05. The van der Waals surface area contributed by atoms with Crippen LogP contribution in [0.3, 0.4) is 0 Å². The van der Waals surface area contributed by atoms with Crippen LogP contribution in [0.15, 0.2) is 24.3 Å². The van der Waals surface area contributed by atoms with Gasteiger partial charge in [-0.3, -0.25) is 9.59 Å². The van der Waals surface area contributed by atoms with E-state index < -0.39 is 6.10 Å². The van der Waals surface area contributed by atoms with Gasteiger partial charge < -0.3 is 14.4 Å². The van der Waals surface area contributed by atoms with Crippen LogP contribution in [-0.4, -0.2) is 42.6 Å². The quantitative estimate of drug-likeness (QED) is 0.773. The minimum Gasteiger partial charge on any atom is -0.481 e. The second-order valence-electron chi connectivity index (χ2n) is 5.75. The molecule has 128 valence electrons. The predicted molar refractivity (Wildman–Crippen MR) is 87.2 cm³/mol. The Morgan fingerprint density at radius 1 is 1.38 bits per heavy atom. The second-order valence-corrected chi connectivity index (χ2v) is 5.75. The number of likely N-dealkylation sites (tertiary alicyclic amines) is 1. The number of hydrogen-bond acceptors (Lipinski definition) is 5. The Labute approximate surface area is 142 Å². The molecule has 6 heteroatoms. The summed E-state index contributed by atoms with van der Waals surface area (Å²) < 4.78 is 10.7. The van der Waals surface area contributed by atoms with Crippen molar-refractivity contribution in [3.05, 3.63) is 29.8 Å². The van der Waals surface area contributed by atoms with Crippen molar-refractivity contribution >= 4 is 11.9 Å². The Bertz CT molecular complexity index is 630. The fraction of sp³-hybridized carbons (Fsp3) is 0.500. The van der Waals surface area contributed by atoms with Gasteiger partial charge in [0, 0.05) is 13.1 Å². The monoisotopic (exact) mass is 330 g/mol. The van der Waals surface area contributed by atoms with Crippen molar-refractivity contribution in [2.24, 2.45) is 5.92 Å². The van der Waals surface area contributed by atoms with Gasteiger partial charge in [-0.2, -0.15) is 5.26 Å². The lowest BCUT2D eigenvalue weighted by Crippen LogP contribution is -2.45. The van der Waals surface area contributed by atoms with Gasteiger partial charge in [0.2, 0.25) is 0 Å². The molecular formula is C18H22N2O4. The molecule has 0 aromatic heterocycles. The van der Waals surface area contributed by atoms with Crippen LogP contribution >= 0.6 is 0 Å². The largest absolute Gasteiger partial charge is 0.481 e. The fourth-order valence-corrected chi connectivity index (χ4v) is 2.75. The van der Waals surface area contributed by atoms with Crippen molar-refractivity contribution in [2.75, 3.05) is 19.7 Å². The zero-order chi connectivity index (χ0) is 17.5. The zero-order valence-corrected chi connectivity index (χ0v) is 14.0. The standard InChI is InChI=1S/C18H22N2O4/c1-3-23-18(22)15-7-9-20(10-8-15)17(21)13(2)24-16-6-4-5-14(11-16)12-19/h4-6,11,13,15H,3,7-10H2,1-2H3. The minimum atomic E-state index is -0.641. The summed E-state index contributed by atoms with van der Waals surface area (Å²) in [5.41, 5.74) is 0.488. The maximum atomic E-state index is 12.5. The summed E-state index contributed by atoms with van der Waals surface area (Å²) in [5.74, 6) is 0.0794. The smallest absolute Gasteiger partial charge is 0.309 e. The molecule has 24 heavy (non-hydrogen) atoms. The van der Waals surface area contributed by atoms with Gasteiger partial charge in [0.15, 0.2) is 6.10 Å². The highest BCUT2D eigenvalue weighted by molar-refractivity contribution is 5.81. The normalized spacial score (nSPS) is 16.1. The zero-order valence-electron chi connectivity index (χ0n) is 14.0. The molecule has 1 fully saturated rings. The number of rotatable bonds is 5. The number of ether oxygens (including phenoxy) is 2. The van der Waals surface area contributed by atoms with E-state index in [1.54, 1.807) is 43.0 Å². The Morgan fingerprint density at radius 3 is 2.71 bits per heavy atom. The fourth-order valence-electron chi connectivity index (χ4n) is 2.75. The molecule has 0 aliphatic carbocycles. The van der Waals surface area contributed by atoms with Gasteiger partial charge in [-0.25, -0.2) is 0 Å². The first-order valence-corrected chi connectivity index (χ1v) is 8.17. The van der Waals surface area contributed by atoms with Crippen LogP contribution in [0.4, 0.5) is 0 Å². The van der Waals surface area contributed by atoms with Gasteiger partial charge in [-0.15, -0.1) is 0 Å². The lowest BCUT2D eigenvalue weighted by molar-refractivity contribution is -0.152. The first-order valence-electron chi connectivity index (χ1n) is 8.17. The van der Waals surface area contributed by atoms with E-state index in [-0.39, 0.29) is 17.8 Å². The van der Waals surface area contributed by atoms with Crippen molar-refractivity contribution in [1.82, 2.24) is 4.90 Å². The van der Waals surface area contributed by atoms with Gasteiger partial charge in [-0.05, 0) is 44.9 Å². The van der Waals surface area contributed by atoms with E-state index in [2.05, 4.69) is 0 Å². The van der Waals surface area contributed by atoms with E-state index in [4.69, 9.17) is 14.7 Å². The topological polar surface area (TPSA) is 79.6 Å². The molecule has 1 amide bonds. The van der Waals surface area contributed by atoms with Crippen LogP contribution in [0.1, 0.15) is 32.3 Å². The number of nitriles is 1. The summed E-state index contributed by atoms with van der Waals surface area (Å²) in [6.07, 6.45) is 0.584. The summed E-state index contributed by atoms with van der Waals surface area (Å²) in [5, 5.41) is 8.90. The average Bonchev–Trinajstić information content (AvgIpc) is 2.61. The highest BCUT2D eigenvalue weighted by Gasteiger charge is 2.30. The van der Waals surface area contributed by atoms with E-state index in [0.717, 1.165) is 0 Å². The Morgan fingerprint density at radius 2 is 2.08 bits per heavy atom. The third-order valence-electron chi connectivity index (χ3n) is 4.05. The number of carbonyl (C=O) groups excluding carboxylic acids is 2. The Kier molecular flexibility index (Phi) is 6.19. The van der Waals surface area contributed by atoms with Crippen LogP contribution in [0.2, 0.25) is 0 Å². The molecule has 1 aromatic carbocycles. The molecule has 0 N–H and O–H groups in total. The highest BCUT2D eigenvalue weighted by Crippen LogP contribution is 2.21. The predicted octanol–water partition coefficient (Wildman–Crippen LogP) is 2.13. The van der Waals surface area contributed by atoms with Crippen LogP contribution in [0, 0.1) is 17.2 Å². The summed E-state index contributed by atoms with van der Waals surface area (Å²) in [6.45, 7) is 4.91. The van der Waals surface area contributed by atoms with Crippen molar-refractivity contribution in [3.63, 3.8) is 0 Å². The van der Waals surface area contributed by atoms with Crippen LogP contribution in [0.5, 0.6) is 5.75 Å². The minimum absolute atomic E-state index is 0.111. The Balaban J connectivity index is 1.88. The first kappa shape index (κ1) is 17.8. The van der Waals surface area contributed by atoms with Crippen LogP contribution in [0.25, 0.3) is 0 Å². The van der Waals surface area contributed by atoms with E-state index in [1.807, 2.05) is 6.07 Å². The molecular weight excluding hydrogens is 308 g/mol. The molecule has 0 radical (unpaired) electrons. The van der Waals surface area contributed by atoms with Crippen molar-refractivity contribution in [3.8, 4) is 11.8 Å². The van der Waals surface area contributed by atoms with Gasteiger partial charge >= 0.3 is 5.97 Å². The molecule has 6 nitrogen and oxygen atoms in total. The summed E-state index contributed by atoms with van der Waals surface area (Å²) in [6, 6.07) is 8.77. The number of piperidine rings is 1. The molecule has 1 saturated heterocycles. The molecule has 1 heterocycles. The molecule has 1 aromatic rings. The number of benzene rings is 1. The summed E-state index contributed by atoms with van der Waals surface area (Å²) in [7, 11) is 0. The molecule has 1 aliphatic rings. The summed E-state index contributed by atoms with van der Waals surface area (Å²) >= 11 is 0.